The number of ether oxygens (including phenoxy) is 2. The van der Waals surface area contributed by atoms with Crippen LogP contribution >= 0.6 is 11.6 Å². The fourth-order valence-electron chi connectivity index (χ4n) is 2.60. The highest BCUT2D eigenvalue weighted by Gasteiger charge is 2.09. The molecule has 0 saturated heterocycles. The topological polar surface area (TPSA) is 49.2 Å². The molecule has 0 aliphatic rings. The molecule has 124 valence electrons. The molecule has 0 atom stereocenters. The van der Waals surface area contributed by atoms with Gasteiger partial charge in [0.2, 0.25) is 0 Å². The number of halogens is 1. The van der Waals surface area contributed by atoms with Gasteiger partial charge in [-0.05, 0) is 30.3 Å². The Morgan fingerprint density at radius 3 is 2.68 bits per heavy atom. The third kappa shape index (κ3) is 3.14. The highest BCUT2D eigenvalue weighted by atomic mass is 35.5. The Hall–Kier alpha value is -3.05. The summed E-state index contributed by atoms with van der Waals surface area (Å²) in [7, 11) is 1.62. The Bertz CT molecular complexity index is 1030. The molecule has 5 nitrogen and oxygen atoms in total. The first-order valence-electron chi connectivity index (χ1n) is 7.64. The average molecular weight is 352 g/mol. The standard InChI is InChI=1S/C19H14ClN3O2/c1-24-15-10-14(23-8-2-6-22-23)11-16(12-15)25-19-5-7-21-18-4-3-13(20)9-17(18)19/h2-12H,1H3. The van der Waals surface area contributed by atoms with E-state index in [4.69, 9.17) is 21.1 Å². The summed E-state index contributed by atoms with van der Waals surface area (Å²) in [6.45, 7) is 0. The molecule has 0 unspecified atom stereocenters. The zero-order chi connectivity index (χ0) is 17.2. The van der Waals surface area contributed by atoms with Gasteiger partial charge in [-0.2, -0.15) is 5.10 Å². The van der Waals surface area contributed by atoms with E-state index in [1.165, 1.54) is 0 Å². The highest BCUT2D eigenvalue weighted by molar-refractivity contribution is 6.31. The molecule has 25 heavy (non-hydrogen) atoms. The molecular weight excluding hydrogens is 338 g/mol. The third-order valence-corrected chi connectivity index (χ3v) is 4.00. The first kappa shape index (κ1) is 15.5. The van der Waals surface area contributed by atoms with E-state index in [-0.39, 0.29) is 0 Å². The third-order valence-electron chi connectivity index (χ3n) is 3.76. The van der Waals surface area contributed by atoms with Gasteiger partial charge in [-0.3, -0.25) is 4.98 Å². The molecule has 0 N–H and O–H groups in total. The predicted octanol–water partition coefficient (Wildman–Crippen LogP) is 4.87. The lowest BCUT2D eigenvalue weighted by Gasteiger charge is -2.12. The number of hydrogen-bond donors (Lipinski definition) is 0. The molecule has 0 spiro atoms. The van der Waals surface area contributed by atoms with Crippen LogP contribution in [0.4, 0.5) is 0 Å². The van der Waals surface area contributed by atoms with Crippen molar-refractivity contribution in [1.82, 2.24) is 14.8 Å². The lowest BCUT2D eigenvalue weighted by atomic mass is 10.2. The normalized spacial score (nSPS) is 10.8. The van der Waals surface area contributed by atoms with Crippen LogP contribution in [-0.4, -0.2) is 21.9 Å². The van der Waals surface area contributed by atoms with Gasteiger partial charge in [0.25, 0.3) is 0 Å². The van der Waals surface area contributed by atoms with Crippen LogP contribution in [0.25, 0.3) is 16.6 Å². The Morgan fingerprint density at radius 2 is 1.88 bits per heavy atom. The van der Waals surface area contributed by atoms with Gasteiger partial charge in [0.1, 0.15) is 17.2 Å². The molecular formula is C19H14ClN3O2. The number of benzene rings is 2. The van der Waals surface area contributed by atoms with E-state index in [0.717, 1.165) is 16.6 Å². The van der Waals surface area contributed by atoms with Crippen LogP contribution in [0.15, 0.2) is 67.1 Å². The second-order valence-electron chi connectivity index (χ2n) is 5.39. The number of pyridine rings is 1. The molecule has 2 heterocycles. The Kier molecular flexibility index (Phi) is 3.99. The van der Waals surface area contributed by atoms with E-state index >= 15 is 0 Å². The monoisotopic (exact) mass is 351 g/mol. The zero-order valence-electron chi connectivity index (χ0n) is 13.4. The minimum atomic E-state index is 0.633. The maximum Gasteiger partial charge on any atom is 0.138 e. The van der Waals surface area contributed by atoms with Gasteiger partial charge in [0.05, 0.1) is 18.3 Å². The van der Waals surface area contributed by atoms with Gasteiger partial charge in [-0.1, -0.05) is 11.6 Å². The van der Waals surface area contributed by atoms with Gasteiger partial charge in [0.15, 0.2) is 0 Å². The average Bonchev–Trinajstić information content (AvgIpc) is 3.17. The molecule has 0 saturated carbocycles. The van der Waals surface area contributed by atoms with Crippen molar-refractivity contribution < 1.29 is 9.47 Å². The smallest absolute Gasteiger partial charge is 0.138 e. The molecule has 0 bridgehead atoms. The lowest BCUT2D eigenvalue weighted by molar-refractivity contribution is 0.409. The zero-order valence-corrected chi connectivity index (χ0v) is 14.1. The van der Waals surface area contributed by atoms with E-state index in [9.17, 15) is 0 Å². The predicted molar refractivity (Wildman–Crippen MR) is 96.9 cm³/mol. The summed E-state index contributed by atoms with van der Waals surface area (Å²) >= 11 is 6.12. The Balaban J connectivity index is 1.78. The molecule has 2 aromatic heterocycles. The van der Waals surface area contributed by atoms with Gasteiger partial charge in [0, 0.05) is 47.2 Å². The molecule has 2 aromatic carbocycles. The second-order valence-corrected chi connectivity index (χ2v) is 5.83. The summed E-state index contributed by atoms with van der Waals surface area (Å²) in [5, 5.41) is 5.73. The van der Waals surface area contributed by atoms with E-state index in [1.54, 1.807) is 24.2 Å². The number of nitrogens with zero attached hydrogens (tertiary/aromatic N) is 3. The molecule has 4 aromatic rings. The molecule has 4 rings (SSSR count). The van der Waals surface area contributed by atoms with Crippen LogP contribution in [0, 0.1) is 0 Å². The first-order chi connectivity index (χ1) is 12.2. The SMILES string of the molecule is COc1cc(Oc2ccnc3ccc(Cl)cc23)cc(-n2cccn2)c1. The molecule has 0 aliphatic carbocycles. The van der Waals surface area contributed by atoms with Crippen molar-refractivity contribution in [2.75, 3.05) is 7.11 Å². The summed E-state index contributed by atoms with van der Waals surface area (Å²) in [4.78, 5) is 4.34. The fraction of sp³-hybridized carbons (Fsp3) is 0.0526. The van der Waals surface area contributed by atoms with Crippen LogP contribution < -0.4 is 9.47 Å². The number of aromatic nitrogens is 3. The number of fused-ring (bicyclic) bond motifs is 1. The van der Waals surface area contributed by atoms with Crippen molar-refractivity contribution in [1.29, 1.82) is 0 Å². The van der Waals surface area contributed by atoms with Gasteiger partial charge >= 0.3 is 0 Å². The van der Waals surface area contributed by atoms with Crippen molar-refractivity contribution in [2.45, 2.75) is 0 Å². The summed E-state index contributed by atoms with van der Waals surface area (Å²) in [6, 6.07) is 14.8. The molecule has 0 fully saturated rings. The van der Waals surface area contributed by atoms with Crippen molar-refractivity contribution in [2.24, 2.45) is 0 Å². The number of rotatable bonds is 4. The molecule has 6 heteroatoms. The van der Waals surface area contributed by atoms with E-state index in [2.05, 4.69) is 10.1 Å². The number of hydrogen-bond acceptors (Lipinski definition) is 4. The van der Waals surface area contributed by atoms with Crippen LogP contribution in [-0.2, 0) is 0 Å². The highest BCUT2D eigenvalue weighted by Crippen LogP contribution is 2.33. The first-order valence-corrected chi connectivity index (χ1v) is 8.02. The van der Waals surface area contributed by atoms with E-state index in [0.29, 0.717) is 22.3 Å². The molecule has 0 amide bonds. The Labute approximate surface area is 149 Å². The van der Waals surface area contributed by atoms with Gasteiger partial charge < -0.3 is 9.47 Å². The molecule has 0 radical (unpaired) electrons. The van der Waals surface area contributed by atoms with Crippen molar-refractivity contribution in [3.8, 4) is 22.9 Å². The minimum absolute atomic E-state index is 0.633. The van der Waals surface area contributed by atoms with Crippen LogP contribution in [0.2, 0.25) is 5.02 Å². The summed E-state index contributed by atoms with van der Waals surface area (Å²) in [5.74, 6) is 1.99. The second kappa shape index (κ2) is 6.45. The summed E-state index contributed by atoms with van der Waals surface area (Å²) in [6.07, 6.45) is 5.29. The van der Waals surface area contributed by atoms with Crippen LogP contribution in [0.5, 0.6) is 17.2 Å². The minimum Gasteiger partial charge on any atom is -0.497 e. The molecule has 0 aliphatic heterocycles. The van der Waals surface area contributed by atoms with Crippen molar-refractivity contribution in [3.05, 3.63) is 72.1 Å². The van der Waals surface area contributed by atoms with E-state index in [1.807, 2.05) is 54.7 Å². The largest absolute Gasteiger partial charge is 0.497 e. The van der Waals surface area contributed by atoms with E-state index < -0.39 is 0 Å². The Morgan fingerprint density at radius 1 is 1.00 bits per heavy atom. The van der Waals surface area contributed by atoms with Crippen LogP contribution in [0.3, 0.4) is 0 Å². The maximum absolute atomic E-state index is 6.12. The number of methoxy groups -OCH3 is 1. The summed E-state index contributed by atoms with van der Waals surface area (Å²) in [5.41, 5.74) is 1.66. The van der Waals surface area contributed by atoms with Gasteiger partial charge in [-0.25, -0.2) is 4.68 Å². The van der Waals surface area contributed by atoms with Crippen molar-refractivity contribution >= 4 is 22.5 Å². The lowest BCUT2D eigenvalue weighted by Crippen LogP contribution is -1.97. The van der Waals surface area contributed by atoms with Crippen LogP contribution in [0.1, 0.15) is 0 Å². The fourth-order valence-corrected chi connectivity index (χ4v) is 2.77. The van der Waals surface area contributed by atoms with Crippen molar-refractivity contribution in [3.63, 3.8) is 0 Å². The summed E-state index contributed by atoms with van der Waals surface area (Å²) < 4.78 is 13.2. The van der Waals surface area contributed by atoms with Gasteiger partial charge in [-0.15, -0.1) is 0 Å². The maximum atomic E-state index is 6.12. The quantitative estimate of drug-likeness (QED) is 0.526.